The lowest BCUT2D eigenvalue weighted by Gasteiger charge is -2.25. The van der Waals surface area contributed by atoms with E-state index in [-0.39, 0.29) is 12.0 Å². The molecule has 0 aromatic carbocycles. The van der Waals surface area contributed by atoms with Crippen molar-refractivity contribution >= 4 is 23.2 Å². The third kappa shape index (κ3) is 2.47. The first kappa shape index (κ1) is 14.9. The van der Waals surface area contributed by atoms with Crippen molar-refractivity contribution in [2.24, 2.45) is 7.05 Å². The van der Waals surface area contributed by atoms with Gasteiger partial charge in [-0.15, -0.1) is 0 Å². The topological polar surface area (TPSA) is 89.4 Å². The highest BCUT2D eigenvalue weighted by Crippen LogP contribution is 2.29. The van der Waals surface area contributed by atoms with E-state index in [2.05, 4.69) is 15.3 Å². The minimum atomic E-state index is -0.463. The maximum Gasteiger partial charge on any atom is 0.407 e. The second-order valence-electron chi connectivity index (χ2n) is 6.49. The Morgan fingerprint density at radius 2 is 2.21 bits per heavy atom. The highest BCUT2D eigenvalue weighted by atomic mass is 16.6. The molecule has 4 rings (SSSR count). The first-order valence-electron chi connectivity index (χ1n) is 8.10. The fourth-order valence-electron chi connectivity index (χ4n) is 3.47. The number of aromatic nitrogens is 3. The van der Waals surface area contributed by atoms with Crippen molar-refractivity contribution in [3.8, 4) is 0 Å². The van der Waals surface area contributed by atoms with E-state index in [0.717, 1.165) is 18.5 Å². The standard InChI is InChI=1S/C16H19N5O3/c1-20-10-19-12-7-11(8-17-13(12)20)14(22)21-5-2-3-16(4-6-21)9-18-15(23)24-16/h7-8,10H,2-6,9H2,1H3,(H,18,23)/t16-/m0/s1. The number of carbonyl (C=O) groups is 2. The third-order valence-corrected chi connectivity index (χ3v) is 4.85. The Balaban J connectivity index is 1.52. The molecule has 2 aromatic rings. The summed E-state index contributed by atoms with van der Waals surface area (Å²) in [7, 11) is 1.87. The highest BCUT2D eigenvalue weighted by Gasteiger charge is 2.41. The molecule has 8 heteroatoms. The first-order chi connectivity index (χ1) is 11.6. The number of nitrogens with one attached hydrogen (secondary N) is 1. The Bertz CT molecular complexity index is 817. The molecule has 0 aliphatic carbocycles. The Kier molecular flexibility index (Phi) is 3.40. The minimum absolute atomic E-state index is 0.0515. The molecule has 4 heterocycles. The zero-order valence-electron chi connectivity index (χ0n) is 13.5. The summed E-state index contributed by atoms with van der Waals surface area (Å²) in [4.78, 5) is 34.6. The number of fused-ring (bicyclic) bond motifs is 1. The second-order valence-corrected chi connectivity index (χ2v) is 6.49. The van der Waals surface area contributed by atoms with E-state index in [9.17, 15) is 9.59 Å². The van der Waals surface area contributed by atoms with Gasteiger partial charge in [-0.3, -0.25) is 4.79 Å². The summed E-state index contributed by atoms with van der Waals surface area (Å²) in [5.41, 5.74) is 1.54. The Morgan fingerprint density at radius 1 is 1.33 bits per heavy atom. The Hall–Kier alpha value is -2.64. The van der Waals surface area contributed by atoms with E-state index in [1.165, 1.54) is 0 Å². The number of rotatable bonds is 1. The van der Waals surface area contributed by atoms with Crippen LogP contribution < -0.4 is 5.32 Å². The molecule has 1 spiro atoms. The van der Waals surface area contributed by atoms with E-state index in [1.54, 1.807) is 18.6 Å². The lowest BCUT2D eigenvalue weighted by molar-refractivity contribution is 0.0438. The molecule has 2 amide bonds. The number of hydrogen-bond acceptors (Lipinski definition) is 5. The number of imidazole rings is 1. The molecule has 8 nitrogen and oxygen atoms in total. The average Bonchev–Trinajstić information content (AvgIpc) is 3.05. The van der Waals surface area contributed by atoms with Gasteiger partial charge in [0.2, 0.25) is 0 Å². The number of likely N-dealkylation sites (tertiary alicyclic amines) is 1. The van der Waals surface area contributed by atoms with Crippen molar-refractivity contribution in [2.75, 3.05) is 19.6 Å². The van der Waals surface area contributed by atoms with Crippen LogP contribution in [0.1, 0.15) is 29.6 Å². The quantitative estimate of drug-likeness (QED) is 0.845. The Morgan fingerprint density at radius 3 is 3.00 bits per heavy atom. The van der Waals surface area contributed by atoms with Crippen LogP contribution in [0.3, 0.4) is 0 Å². The summed E-state index contributed by atoms with van der Waals surface area (Å²) in [6, 6.07) is 1.78. The molecule has 126 valence electrons. The van der Waals surface area contributed by atoms with Crippen LogP contribution in [0, 0.1) is 0 Å². The van der Waals surface area contributed by atoms with Crippen LogP contribution in [0.5, 0.6) is 0 Å². The van der Waals surface area contributed by atoms with Crippen molar-refractivity contribution in [3.63, 3.8) is 0 Å². The molecule has 1 N–H and O–H groups in total. The number of pyridine rings is 1. The SMILES string of the molecule is Cn1cnc2cc(C(=O)N3CCC[C@]4(CC3)CNC(=O)O4)cnc21. The van der Waals surface area contributed by atoms with Crippen LogP contribution in [0.15, 0.2) is 18.6 Å². The van der Waals surface area contributed by atoms with Gasteiger partial charge in [-0.1, -0.05) is 0 Å². The maximum absolute atomic E-state index is 12.8. The normalized spacial score (nSPS) is 24.0. The molecule has 0 radical (unpaired) electrons. The number of nitrogens with zero attached hydrogens (tertiary/aromatic N) is 4. The van der Waals surface area contributed by atoms with Crippen LogP contribution in [0.25, 0.3) is 11.2 Å². The second kappa shape index (κ2) is 5.47. The van der Waals surface area contributed by atoms with E-state index in [4.69, 9.17) is 4.74 Å². The van der Waals surface area contributed by atoms with Crippen molar-refractivity contribution in [1.82, 2.24) is 24.8 Å². The predicted octanol–water partition coefficient (Wildman–Crippen LogP) is 1.07. The summed E-state index contributed by atoms with van der Waals surface area (Å²) in [6.07, 6.45) is 5.15. The molecular weight excluding hydrogens is 310 g/mol. The van der Waals surface area contributed by atoms with Crippen LogP contribution in [-0.2, 0) is 11.8 Å². The fraction of sp³-hybridized carbons (Fsp3) is 0.500. The molecule has 2 aromatic heterocycles. The third-order valence-electron chi connectivity index (χ3n) is 4.85. The van der Waals surface area contributed by atoms with E-state index < -0.39 is 5.60 Å². The molecule has 0 unspecified atom stereocenters. The average molecular weight is 329 g/mol. The van der Waals surface area contributed by atoms with E-state index >= 15 is 0 Å². The predicted molar refractivity (Wildman–Crippen MR) is 85.5 cm³/mol. The van der Waals surface area contributed by atoms with Crippen molar-refractivity contribution in [2.45, 2.75) is 24.9 Å². The molecule has 2 saturated heterocycles. The van der Waals surface area contributed by atoms with Gasteiger partial charge in [0.1, 0.15) is 11.1 Å². The van der Waals surface area contributed by atoms with Gasteiger partial charge in [0.05, 0.1) is 18.4 Å². The summed E-state index contributed by atoms with van der Waals surface area (Å²) in [6.45, 7) is 1.74. The number of hydrogen-bond donors (Lipinski definition) is 1. The number of ether oxygens (including phenoxy) is 1. The van der Waals surface area contributed by atoms with Crippen LogP contribution in [0.2, 0.25) is 0 Å². The van der Waals surface area contributed by atoms with E-state index in [0.29, 0.717) is 37.1 Å². The van der Waals surface area contributed by atoms with E-state index in [1.807, 2.05) is 16.5 Å². The molecule has 0 bridgehead atoms. The van der Waals surface area contributed by atoms with Crippen molar-refractivity contribution in [3.05, 3.63) is 24.2 Å². The van der Waals surface area contributed by atoms with Crippen LogP contribution >= 0.6 is 0 Å². The largest absolute Gasteiger partial charge is 0.441 e. The van der Waals surface area contributed by atoms with Gasteiger partial charge < -0.3 is 19.5 Å². The summed E-state index contributed by atoms with van der Waals surface area (Å²) in [5.74, 6) is -0.0515. The lowest BCUT2D eigenvalue weighted by atomic mass is 9.95. The fourth-order valence-corrected chi connectivity index (χ4v) is 3.47. The molecule has 0 saturated carbocycles. The molecule has 2 fully saturated rings. The molecule has 24 heavy (non-hydrogen) atoms. The minimum Gasteiger partial charge on any atom is -0.441 e. The van der Waals surface area contributed by atoms with Gasteiger partial charge >= 0.3 is 6.09 Å². The number of aryl methyl sites for hydroxylation is 1. The monoisotopic (exact) mass is 329 g/mol. The summed E-state index contributed by atoms with van der Waals surface area (Å²) >= 11 is 0. The highest BCUT2D eigenvalue weighted by molar-refractivity contribution is 5.96. The van der Waals surface area contributed by atoms with Gasteiger partial charge in [-0.2, -0.15) is 0 Å². The smallest absolute Gasteiger partial charge is 0.407 e. The first-order valence-corrected chi connectivity index (χ1v) is 8.10. The van der Waals surface area contributed by atoms with Gasteiger partial charge in [-0.25, -0.2) is 14.8 Å². The van der Waals surface area contributed by atoms with Gasteiger partial charge in [0.25, 0.3) is 5.91 Å². The lowest BCUT2D eigenvalue weighted by Crippen LogP contribution is -2.36. The molecule has 1 atom stereocenters. The van der Waals surface area contributed by atoms with Gasteiger partial charge in [0, 0.05) is 32.8 Å². The van der Waals surface area contributed by atoms with Crippen LogP contribution in [0.4, 0.5) is 4.79 Å². The number of alkyl carbamates (subject to hydrolysis) is 1. The van der Waals surface area contributed by atoms with Crippen LogP contribution in [-0.4, -0.2) is 56.7 Å². The molecule has 2 aliphatic heterocycles. The van der Waals surface area contributed by atoms with Crippen molar-refractivity contribution in [1.29, 1.82) is 0 Å². The van der Waals surface area contributed by atoms with Gasteiger partial charge in [0.15, 0.2) is 5.65 Å². The zero-order chi connectivity index (χ0) is 16.7. The van der Waals surface area contributed by atoms with Crippen molar-refractivity contribution < 1.29 is 14.3 Å². The number of carbonyl (C=O) groups excluding carboxylic acids is 2. The number of amides is 2. The Labute approximate surface area is 138 Å². The zero-order valence-corrected chi connectivity index (χ0v) is 13.5. The molecular formula is C16H19N5O3. The summed E-state index contributed by atoms with van der Waals surface area (Å²) < 4.78 is 7.27. The van der Waals surface area contributed by atoms with Gasteiger partial charge in [-0.05, 0) is 18.9 Å². The maximum atomic E-state index is 12.8. The summed E-state index contributed by atoms with van der Waals surface area (Å²) in [5, 5.41) is 2.72. The molecule has 2 aliphatic rings.